The maximum atomic E-state index is 12.8. The smallest absolute Gasteiger partial charge is 0.317 e. The number of likely N-dealkylation sites (tertiary alicyclic amines) is 1. The lowest BCUT2D eigenvalue weighted by Crippen LogP contribution is -2.48. The lowest BCUT2D eigenvalue weighted by Gasteiger charge is -2.38. The highest BCUT2D eigenvalue weighted by molar-refractivity contribution is 7.90. The standard InChI is InChI=1S/C20H29Cl2N3O3S/c1-20(2,3)29(28)24-18(14-10-15(21)16(22)11-17(14)26)12-6-8-25(9-7-12)19(27)23-13-4-5-13/h10-13,18,24,26H,4-9H2,1-3H3,(H,23,27). The monoisotopic (exact) mass is 461 g/mol. The molecule has 29 heavy (non-hydrogen) atoms. The van der Waals surface area contributed by atoms with E-state index in [2.05, 4.69) is 10.0 Å². The van der Waals surface area contributed by atoms with E-state index in [-0.39, 0.29) is 28.8 Å². The number of phenols is 1. The first kappa shape index (κ1) is 22.8. The maximum Gasteiger partial charge on any atom is 0.317 e. The highest BCUT2D eigenvalue weighted by Gasteiger charge is 2.37. The molecule has 2 aliphatic rings. The van der Waals surface area contributed by atoms with Crippen molar-refractivity contribution in [2.75, 3.05) is 13.1 Å². The van der Waals surface area contributed by atoms with Gasteiger partial charge < -0.3 is 19.9 Å². The molecule has 6 nitrogen and oxygen atoms in total. The number of halogens is 2. The van der Waals surface area contributed by atoms with E-state index < -0.39 is 16.1 Å². The number of nitrogens with zero attached hydrogens (tertiary/aromatic N) is 1. The minimum atomic E-state index is -1.34. The number of phenolic OH excluding ortho intramolecular Hbond substituents is 1. The van der Waals surface area contributed by atoms with Gasteiger partial charge in [-0.1, -0.05) is 23.2 Å². The van der Waals surface area contributed by atoms with Crippen molar-refractivity contribution in [1.29, 1.82) is 0 Å². The number of nitrogens with one attached hydrogen (secondary N) is 2. The second kappa shape index (κ2) is 9.10. The molecule has 1 aliphatic carbocycles. The zero-order chi connectivity index (χ0) is 21.3. The molecule has 1 aromatic carbocycles. The van der Waals surface area contributed by atoms with Gasteiger partial charge in [-0.25, -0.2) is 4.79 Å². The summed E-state index contributed by atoms with van der Waals surface area (Å²) < 4.78 is 15.6. The van der Waals surface area contributed by atoms with Crippen molar-refractivity contribution in [2.45, 2.75) is 63.3 Å². The molecule has 162 valence electrons. The van der Waals surface area contributed by atoms with Crippen molar-refractivity contribution in [3.63, 3.8) is 0 Å². The molecule has 1 saturated heterocycles. The van der Waals surface area contributed by atoms with E-state index in [1.165, 1.54) is 6.07 Å². The predicted molar refractivity (Wildman–Crippen MR) is 118 cm³/mol. The Kier molecular flexibility index (Phi) is 7.16. The van der Waals surface area contributed by atoms with Crippen LogP contribution in [0, 0.1) is 5.92 Å². The van der Waals surface area contributed by atoms with Crippen LogP contribution in [0.25, 0.3) is 0 Å². The zero-order valence-corrected chi connectivity index (χ0v) is 19.3. The molecular weight excluding hydrogens is 433 g/mol. The van der Waals surface area contributed by atoms with E-state index in [1.54, 1.807) is 6.07 Å². The van der Waals surface area contributed by atoms with Crippen LogP contribution < -0.4 is 10.0 Å². The summed E-state index contributed by atoms with van der Waals surface area (Å²) in [6.45, 7) is 6.92. The Morgan fingerprint density at radius 1 is 1.21 bits per heavy atom. The fraction of sp³-hybridized carbons (Fsp3) is 0.650. The third-order valence-corrected chi connectivity index (χ3v) is 7.70. The molecular formula is C20H29Cl2N3O3S. The molecule has 0 spiro atoms. The summed E-state index contributed by atoms with van der Waals surface area (Å²) in [5.74, 6) is 0.117. The third kappa shape index (κ3) is 5.85. The van der Waals surface area contributed by atoms with Crippen LogP contribution in [0.4, 0.5) is 4.79 Å². The van der Waals surface area contributed by atoms with Crippen molar-refractivity contribution in [3.8, 4) is 5.75 Å². The average molecular weight is 462 g/mol. The van der Waals surface area contributed by atoms with Gasteiger partial charge in [0.05, 0.1) is 16.1 Å². The van der Waals surface area contributed by atoms with Crippen molar-refractivity contribution in [2.24, 2.45) is 5.92 Å². The second-order valence-electron chi connectivity index (χ2n) is 8.85. The fourth-order valence-corrected chi connectivity index (χ4v) is 4.67. The van der Waals surface area contributed by atoms with Crippen molar-refractivity contribution in [1.82, 2.24) is 14.9 Å². The Bertz CT molecular complexity index is 747. The van der Waals surface area contributed by atoms with Gasteiger partial charge in [-0.15, -0.1) is 4.72 Å². The quantitative estimate of drug-likeness (QED) is 0.567. The summed E-state index contributed by atoms with van der Waals surface area (Å²) in [5.41, 5.74) is 0.581. The molecule has 1 aromatic rings. The number of aromatic hydroxyl groups is 1. The Hall–Kier alpha value is -0.860. The van der Waals surface area contributed by atoms with Gasteiger partial charge in [0, 0.05) is 42.1 Å². The lowest BCUT2D eigenvalue weighted by atomic mass is 9.85. The van der Waals surface area contributed by atoms with Gasteiger partial charge in [-0.05, 0) is 58.4 Å². The van der Waals surface area contributed by atoms with E-state index in [0.29, 0.717) is 29.7 Å². The normalized spacial score (nSPS) is 20.4. The molecule has 2 fully saturated rings. The summed E-state index contributed by atoms with van der Waals surface area (Å²) in [5, 5.41) is 14.2. The van der Waals surface area contributed by atoms with Crippen LogP contribution in [0.15, 0.2) is 12.1 Å². The molecule has 9 heteroatoms. The number of hydrogen-bond donors (Lipinski definition) is 3. The number of amides is 2. The predicted octanol–water partition coefficient (Wildman–Crippen LogP) is 4.38. The van der Waals surface area contributed by atoms with Gasteiger partial charge in [-0.2, -0.15) is 0 Å². The molecule has 0 bridgehead atoms. The minimum absolute atomic E-state index is 0.00823. The summed E-state index contributed by atoms with van der Waals surface area (Å²) in [6.07, 6.45) is 3.58. The Morgan fingerprint density at radius 2 is 1.79 bits per heavy atom. The van der Waals surface area contributed by atoms with Gasteiger partial charge in [0.25, 0.3) is 0 Å². The van der Waals surface area contributed by atoms with Crippen LogP contribution in [0.5, 0.6) is 5.75 Å². The van der Waals surface area contributed by atoms with E-state index in [0.717, 1.165) is 25.7 Å². The maximum absolute atomic E-state index is 12.8. The molecule has 0 radical (unpaired) electrons. The third-order valence-electron chi connectivity index (χ3n) is 5.40. The Morgan fingerprint density at radius 3 is 2.34 bits per heavy atom. The van der Waals surface area contributed by atoms with E-state index in [1.807, 2.05) is 25.7 Å². The topological polar surface area (TPSA) is 87.7 Å². The Labute approximate surface area is 185 Å². The minimum Gasteiger partial charge on any atom is -0.598 e. The van der Waals surface area contributed by atoms with Crippen LogP contribution in [0.1, 0.15) is 58.1 Å². The molecule has 2 amide bonds. The highest BCUT2D eigenvalue weighted by atomic mass is 35.5. The first-order valence-electron chi connectivity index (χ1n) is 9.97. The van der Waals surface area contributed by atoms with Crippen LogP contribution in [0.3, 0.4) is 0 Å². The summed E-state index contributed by atoms with van der Waals surface area (Å²) in [7, 11) is 0. The second-order valence-corrected chi connectivity index (χ2v) is 11.7. The van der Waals surface area contributed by atoms with Gasteiger partial charge in [0.1, 0.15) is 10.5 Å². The number of urea groups is 1. The van der Waals surface area contributed by atoms with Crippen molar-refractivity contribution >= 4 is 40.6 Å². The van der Waals surface area contributed by atoms with Gasteiger partial charge in [0.15, 0.2) is 0 Å². The Balaban J connectivity index is 1.76. The molecule has 0 aromatic heterocycles. The molecule has 1 aliphatic heterocycles. The molecule has 3 N–H and O–H groups in total. The van der Waals surface area contributed by atoms with E-state index in [4.69, 9.17) is 23.2 Å². The summed E-state index contributed by atoms with van der Waals surface area (Å²) in [6, 6.07) is 3.02. The van der Waals surface area contributed by atoms with Crippen LogP contribution in [0.2, 0.25) is 10.0 Å². The molecule has 2 unspecified atom stereocenters. The first-order valence-corrected chi connectivity index (χ1v) is 11.9. The number of piperidine rings is 1. The van der Waals surface area contributed by atoms with Crippen LogP contribution in [-0.2, 0) is 11.4 Å². The number of rotatable bonds is 5. The highest BCUT2D eigenvalue weighted by Crippen LogP contribution is 2.40. The summed E-state index contributed by atoms with van der Waals surface area (Å²) >= 11 is 10.9. The number of carbonyl (C=O) groups excluding carboxylic acids is 1. The van der Waals surface area contributed by atoms with Gasteiger partial charge in [0.2, 0.25) is 0 Å². The fourth-order valence-electron chi connectivity index (χ4n) is 3.44. The largest absolute Gasteiger partial charge is 0.598 e. The van der Waals surface area contributed by atoms with Crippen molar-refractivity contribution in [3.05, 3.63) is 27.7 Å². The van der Waals surface area contributed by atoms with E-state index >= 15 is 0 Å². The first-order chi connectivity index (χ1) is 13.6. The average Bonchev–Trinajstić information content (AvgIpc) is 3.46. The van der Waals surface area contributed by atoms with Crippen LogP contribution >= 0.6 is 23.2 Å². The zero-order valence-electron chi connectivity index (χ0n) is 17.0. The SMILES string of the molecule is CC(C)(C)[S+]([O-])NC(c1cc(Cl)c(Cl)cc1O)C1CCN(C(=O)NC2CC2)CC1. The van der Waals surface area contributed by atoms with E-state index in [9.17, 15) is 14.5 Å². The molecule has 3 rings (SSSR count). The van der Waals surface area contributed by atoms with Crippen molar-refractivity contribution < 1.29 is 14.5 Å². The van der Waals surface area contributed by atoms with Gasteiger partial charge in [-0.3, -0.25) is 0 Å². The summed E-state index contributed by atoms with van der Waals surface area (Å²) in [4.78, 5) is 14.2. The van der Waals surface area contributed by atoms with Crippen LogP contribution in [-0.4, -0.2) is 44.5 Å². The number of hydrogen-bond acceptors (Lipinski definition) is 4. The molecule has 1 heterocycles. The molecule has 2 atom stereocenters. The number of benzene rings is 1. The lowest BCUT2D eigenvalue weighted by molar-refractivity contribution is 0.160. The molecule has 1 saturated carbocycles. The van der Waals surface area contributed by atoms with Gasteiger partial charge >= 0.3 is 6.03 Å². The number of carbonyl (C=O) groups is 1.